The van der Waals surface area contributed by atoms with E-state index in [1.54, 1.807) is 32.4 Å². The van der Waals surface area contributed by atoms with E-state index in [2.05, 4.69) is 21.2 Å². The van der Waals surface area contributed by atoms with Gasteiger partial charge < -0.3 is 14.8 Å². The van der Waals surface area contributed by atoms with Gasteiger partial charge in [0.25, 0.3) is 5.91 Å². The summed E-state index contributed by atoms with van der Waals surface area (Å²) in [7, 11) is 3.13. The Labute approximate surface area is 122 Å². The highest BCUT2D eigenvalue weighted by atomic mass is 79.9. The van der Waals surface area contributed by atoms with E-state index in [9.17, 15) is 4.79 Å². The molecule has 0 aliphatic rings. The molecule has 0 saturated carbocycles. The van der Waals surface area contributed by atoms with Crippen LogP contribution < -0.4 is 14.8 Å². The smallest absolute Gasteiger partial charge is 0.251 e. The molecule has 0 aliphatic carbocycles. The second kappa shape index (κ2) is 8.80. The number of halogens is 1. The molecular weight excluding hydrogens is 310 g/mol. The molecule has 0 spiro atoms. The molecule has 5 heteroatoms. The van der Waals surface area contributed by atoms with E-state index in [4.69, 9.17) is 9.47 Å². The van der Waals surface area contributed by atoms with Crippen molar-refractivity contribution >= 4 is 21.8 Å². The molecule has 1 amide bonds. The van der Waals surface area contributed by atoms with Crippen molar-refractivity contribution in [2.75, 3.05) is 26.1 Å². The molecule has 0 bridgehead atoms. The Kier molecular flexibility index (Phi) is 7.33. The van der Waals surface area contributed by atoms with Crippen molar-refractivity contribution in [2.45, 2.75) is 19.3 Å². The van der Waals surface area contributed by atoms with Gasteiger partial charge in [-0.15, -0.1) is 0 Å². The number of benzene rings is 1. The Bertz CT molecular complexity index is 410. The number of methoxy groups -OCH3 is 2. The molecular formula is C14H20BrNO3. The summed E-state index contributed by atoms with van der Waals surface area (Å²) in [6.07, 6.45) is 3.23. The van der Waals surface area contributed by atoms with Crippen molar-refractivity contribution in [1.82, 2.24) is 5.32 Å². The molecule has 0 saturated heterocycles. The van der Waals surface area contributed by atoms with Crippen LogP contribution >= 0.6 is 15.9 Å². The van der Waals surface area contributed by atoms with Crippen LogP contribution in [-0.2, 0) is 0 Å². The maximum absolute atomic E-state index is 11.9. The Morgan fingerprint density at radius 1 is 1.16 bits per heavy atom. The van der Waals surface area contributed by atoms with E-state index in [0.29, 0.717) is 23.6 Å². The van der Waals surface area contributed by atoms with Crippen LogP contribution in [-0.4, -0.2) is 32.0 Å². The summed E-state index contributed by atoms with van der Waals surface area (Å²) in [5.74, 6) is 1.10. The topological polar surface area (TPSA) is 47.6 Å². The molecule has 1 aromatic carbocycles. The van der Waals surface area contributed by atoms with Gasteiger partial charge >= 0.3 is 0 Å². The number of amides is 1. The Hall–Kier alpha value is -1.23. The molecule has 1 rings (SSSR count). The predicted molar refractivity (Wildman–Crippen MR) is 79.5 cm³/mol. The van der Waals surface area contributed by atoms with Gasteiger partial charge in [0.1, 0.15) is 0 Å². The fourth-order valence-electron chi connectivity index (χ4n) is 1.68. The molecule has 0 unspecified atom stereocenters. The molecule has 1 N–H and O–H groups in total. The Morgan fingerprint density at radius 3 is 2.53 bits per heavy atom. The van der Waals surface area contributed by atoms with Crippen molar-refractivity contribution in [3.63, 3.8) is 0 Å². The number of carbonyl (C=O) groups excluding carboxylic acids is 1. The standard InChI is InChI=1S/C14H20BrNO3/c1-18-12-7-6-11(10-13(12)19-2)14(17)16-9-5-3-4-8-15/h6-7,10H,3-5,8-9H2,1-2H3,(H,16,17). The highest BCUT2D eigenvalue weighted by Gasteiger charge is 2.09. The number of unbranched alkanes of at least 4 members (excludes halogenated alkanes) is 2. The molecule has 106 valence electrons. The largest absolute Gasteiger partial charge is 0.493 e. The first-order chi connectivity index (χ1) is 9.22. The SMILES string of the molecule is COc1ccc(C(=O)NCCCCCBr)cc1OC. The summed E-state index contributed by atoms with van der Waals surface area (Å²) < 4.78 is 10.3. The van der Waals surface area contributed by atoms with Crippen molar-refractivity contribution in [1.29, 1.82) is 0 Å². The first kappa shape index (κ1) is 15.8. The molecule has 0 radical (unpaired) electrons. The van der Waals surface area contributed by atoms with Gasteiger partial charge in [0.05, 0.1) is 14.2 Å². The molecule has 0 aliphatic heterocycles. The van der Waals surface area contributed by atoms with E-state index >= 15 is 0 Å². The Balaban J connectivity index is 2.52. The highest BCUT2D eigenvalue weighted by molar-refractivity contribution is 9.09. The first-order valence-corrected chi connectivity index (χ1v) is 7.41. The van der Waals surface area contributed by atoms with Gasteiger partial charge in [-0.25, -0.2) is 0 Å². The van der Waals surface area contributed by atoms with Crippen LogP contribution in [0.15, 0.2) is 18.2 Å². The maximum atomic E-state index is 11.9. The van der Waals surface area contributed by atoms with Crippen LogP contribution in [0.25, 0.3) is 0 Å². The minimum absolute atomic E-state index is 0.0835. The van der Waals surface area contributed by atoms with Gasteiger partial charge in [0, 0.05) is 17.4 Å². The fraction of sp³-hybridized carbons (Fsp3) is 0.500. The summed E-state index contributed by atoms with van der Waals surface area (Å²) in [4.78, 5) is 11.9. The van der Waals surface area contributed by atoms with Crippen LogP contribution in [0.3, 0.4) is 0 Å². The first-order valence-electron chi connectivity index (χ1n) is 6.29. The number of carbonyl (C=O) groups is 1. The molecule has 0 aromatic heterocycles. The van der Waals surface area contributed by atoms with Gasteiger partial charge in [0.2, 0.25) is 0 Å². The number of alkyl halides is 1. The summed E-state index contributed by atoms with van der Waals surface area (Å²) >= 11 is 3.38. The second-order valence-corrected chi connectivity index (χ2v) is 4.87. The monoisotopic (exact) mass is 329 g/mol. The predicted octanol–water partition coefficient (Wildman–Crippen LogP) is 3.00. The summed E-state index contributed by atoms with van der Waals surface area (Å²) in [5.41, 5.74) is 0.582. The quantitative estimate of drug-likeness (QED) is 0.589. The molecule has 0 atom stereocenters. The number of hydrogen-bond donors (Lipinski definition) is 1. The average Bonchev–Trinajstić information content (AvgIpc) is 2.46. The molecule has 0 fully saturated rings. The lowest BCUT2D eigenvalue weighted by Crippen LogP contribution is -2.24. The van der Waals surface area contributed by atoms with E-state index in [1.807, 2.05) is 0 Å². The zero-order valence-corrected chi connectivity index (χ0v) is 13.0. The van der Waals surface area contributed by atoms with Gasteiger partial charge in [-0.05, 0) is 31.0 Å². The van der Waals surface area contributed by atoms with Crippen molar-refractivity contribution in [3.05, 3.63) is 23.8 Å². The third-order valence-electron chi connectivity index (χ3n) is 2.74. The number of hydrogen-bond acceptors (Lipinski definition) is 3. The molecule has 1 aromatic rings. The molecule has 19 heavy (non-hydrogen) atoms. The normalized spacial score (nSPS) is 10.1. The highest BCUT2D eigenvalue weighted by Crippen LogP contribution is 2.27. The van der Waals surface area contributed by atoms with Crippen molar-refractivity contribution in [2.24, 2.45) is 0 Å². The van der Waals surface area contributed by atoms with E-state index in [-0.39, 0.29) is 5.91 Å². The lowest BCUT2D eigenvalue weighted by molar-refractivity contribution is 0.0952. The Morgan fingerprint density at radius 2 is 1.89 bits per heavy atom. The number of rotatable bonds is 8. The van der Waals surface area contributed by atoms with Gasteiger partial charge in [-0.2, -0.15) is 0 Å². The van der Waals surface area contributed by atoms with Crippen LogP contribution in [0.5, 0.6) is 11.5 Å². The third kappa shape index (κ3) is 5.11. The summed E-state index contributed by atoms with van der Waals surface area (Å²) in [5, 5.41) is 3.91. The lowest BCUT2D eigenvalue weighted by atomic mass is 10.2. The van der Waals surface area contributed by atoms with Crippen LogP contribution in [0.4, 0.5) is 0 Å². The van der Waals surface area contributed by atoms with Gasteiger partial charge in [0.15, 0.2) is 11.5 Å². The summed E-state index contributed by atoms with van der Waals surface area (Å²) in [6, 6.07) is 5.15. The van der Waals surface area contributed by atoms with Crippen LogP contribution in [0.1, 0.15) is 29.6 Å². The average molecular weight is 330 g/mol. The molecule has 4 nitrogen and oxygen atoms in total. The van der Waals surface area contributed by atoms with E-state index in [0.717, 1.165) is 24.6 Å². The van der Waals surface area contributed by atoms with E-state index < -0.39 is 0 Å². The van der Waals surface area contributed by atoms with Gasteiger partial charge in [-0.1, -0.05) is 22.4 Å². The van der Waals surface area contributed by atoms with Crippen LogP contribution in [0.2, 0.25) is 0 Å². The second-order valence-electron chi connectivity index (χ2n) is 4.08. The lowest BCUT2D eigenvalue weighted by Gasteiger charge is -2.10. The van der Waals surface area contributed by atoms with Crippen molar-refractivity contribution in [3.8, 4) is 11.5 Å². The minimum atomic E-state index is -0.0835. The maximum Gasteiger partial charge on any atom is 0.251 e. The summed E-state index contributed by atoms with van der Waals surface area (Å²) in [6.45, 7) is 0.695. The number of ether oxygens (including phenoxy) is 2. The minimum Gasteiger partial charge on any atom is -0.493 e. The number of nitrogens with one attached hydrogen (secondary N) is 1. The van der Waals surface area contributed by atoms with Gasteiger partial charge in [-0.3, -0.25) is 4.79 Å². The van der Waals surface area contributed by atoms with Crippen molar-refractivity contribution < 1.29 is 14.3 Å². The van der Waals surface area contributed by atoms with Crippen LogP contribution in [0, 0.1) is 0 Å². The zero-order valence-electron chi connectivity index (χ0n) is 11.4. The molecule has 0 heterocycles. The zero-order chi connectivity index (χ0) is 14.1. The van der Waals surface area contributed by atoms with E-state index in [1.165, 1.54) is 0 Å². The fourth-order valence-corrected chi connectivity index (χ4v) is 2.07. The third-order valence-corrected chi connectivity index (χ3v) is 3.30.